The lowest BCUT2D eigenvalue weighted by Gasteiger charge is -2.17. The van der Waals surface area contributed by atoms with E-state index in [0.29, 0.717) is 6.54 Å². The van der Waals surface area contributed by atoms with Crippen molar-refractivity contribution < 1.29 is 9.59 Å². The molecule has 0 radical (unpaired) electrons. The van der Waals surface area contributed by atoms with Crippen LogP contribution < -0.4 is 16.8 Å². The summed E-state index contributed by atoms with van der Waals surface area (Å²) in [7, 11) is 0. The third-order valence-corrected chi connectivity index (χ3v) is 2.19. The first kappa shape index (κ1) is 13.9. The molecule has 2 unspecified atom stereocenters. The second kappa shape index (κ2) is 7.23. The van der Waals surface area contributed by atoms with Crippen molar-refractivity contribution in [3.05, 3.63) is 0 Å². The Labute approximate surface area is 90.6 Å². The van der Waals surface area contributed by atoms with Crippen LogP contribution >= 0.6 is 0 Å². The number of hydrogen-bond acceptors (Lipinski definition) is 3. The molecule has 88 valence electrons. The summed E-state index contributed by atoms with van der Waals surface area (Å²) in [5.74, 6) is -0.666. The molecule has 0 heterocycles. The van der Waals surface area contributed by atoms with Gasteiger partial charge in [-0.05, 0) is 13.3 Å². The van der Waals surface area contributed by atoms with Crippen LogP contribution in [0, 0.1) is 5.92 Å². The maximum absolute atomic E-state index is 11.6. The SMILES string of the molecule is CCCC(CN)C(=O)NC(C)CC(N)=O. The smallest absolute Gasteiger partial charge is 0.224 e. The Morgan fingerprint density at radius 2 is 2.00 bits per heavy atom. The van der Waals surface area contributed by atoms with E-state index in [-0.39, 0.29) is 24.3 Å². The van der Waals surface area contributed by atoms with Crippen LogP contribution in [0.4, 0.5) is 0 Å². The van der Waals surface area contributed by atoms with Crippen molar-refractivity contribution in [2.45, 2.75) is 39.2 Å². The summed E-state index contributed by atoms with van der Waals surface area (Å²) < 4.78 is 0. The molecule has 5 heteroatoms. The van der Waals surface area contributed by atoms with E-state index in [0.717, 1.165) is 12.8 Å². The van der Waals surface area contributed by atoms with Gasteiger partial charge in [0.25, 0.3) is 0 Å². The second-order valence-electron chi connectivity index (χ2n) is 3.80. The molecule has 2 atom stereocenters. The van der Waals surface area contributed by atoms with Crippen molar-refractivity contribution in [1.82, 2.24) is 5.32 Å². The number of carbonyl (C=O) groups is 2. The van der Waals surface area contributed by atoms with Gasteiger partial charge in [-0.1, -0.05) is 13.3 Å². The number of carbonyl (C=O) groups excluding carboxylic acids is 2. The highest BCUT2D eigenvalue weighted by atomic mass is 16.2. The summed E-state index contributed by atoms with van der Waals surface area (Å²) in [6.07, 6.45) is 1.85. The van der Waals surface area contributed by atoms with E-state index in [4.69, 9.17) is 11.5 Å². The van der Waals surface area contributed by atoms with Gasteiger partial charge in [-0.25, -0.2) is 0 Å². The zero-order valence-electron chi connectivity index (χ0n) is 9.45. The van der Waals surface area contributed by atoms with Gasteiger partial charge in [-0.2, -0.15) is 0 Å². The normalized spacial score (nSPS) is 14.3. The van der Waals surface area contributed by atoms with Crippen molar-refractivity contribution in [2.75, 3.05) is 6.54 Å². The Bertz CT molecular complexity index is 219. The molecule has 5 nitrogen and oxygen atoms in total. The van der Waals surface area contributed by atoms with Crippen molar-refractivity contribution >= 4 is 11.8 Å². The predicted molar refractivity (Wildman–Crippen MR) is 58.9 cm³/mol. The Morgan fingerprint density at radius 3 is 2.40 bits per heavy atom. The molecule has 0 aromatic heterocycles. The summed E-state index contributed by atoms with van der Waals surface area (Å²) in [6.45, 7) is 4.09. The summed E-state index contributed by atoms with van der Waals surface area (Å²) >= 11 is 0. The van der Waals surface area contributed by atoms with Crippen molar-refractivity contribution in [3.8, 4) is 0 Å². The molecule has 2 amide bonds. The van der Waals surface area contributed by atoms with E-state index in [1.165, 1.54) is 0 Å². The molecule has 0 saturated heterocycles. The van der Waals surface area contributed by atoms with Gasteiger partial charge in [0.2, 0.25) is 11.8 Å². The number of rotatable bonds is 7. The first-order valence-electron chi connectivity index (χ1n) is 5.30. The molecule has 0 fully saturated rings. The minimum Gasteiger partial charge on any atom is -0.370 e. The van der Waals surface area contributed by atoms with Crippen LogP contribution in [0.25, 0.3) is 0 Å². The minimum absolute atomic E-state index is 0.0897. The van der Waals surface area contributed by atoms with Gasteiger partial charge in [0.1, 0.15) is 0 Å². The van der Waals surface area contributed by atoms with E-state index < -0.39 is 5.91 Å². The van der Waals surface area contributed by atoms with E-state index in [9.17, 15) is 9.59 Å². The average Bonchev–Trinajstić information content (AvgIpc) is 2.12. The Hall–Kier alpha value is -1.10. The molecule has 0 aliphatic rings. The number of amides is 2. The number of hydrogen-bond donors (Lipinski definition) is 3. The van der Waals surface area contributed by atoms with Gasteiger partial charge >= 0.3 is 0 Å². The van der Waals surface area contributed by atoms with Crippen LogP contribution in [0.1, 0.15) is 33.1 Å². The zero-order chi connectivity index (χ0) is 11.8. The van der Waals surface area contributed by atoms with E-state index in [1.807, 2.05) is 6.92 Å². The predicted octanol–water partition coefficient (Wildman–Crippen LogP) is -0.258. The van der Waals surface area contributed by atoms with Crippen LogP contribution in [-0.2, 0) is 9.59 Å². The van der Waals surface area contributed by atoms with Gasteiger partial charge in [0, 0.05) is 19.0 Å². The van der Waals surface area contributed by atoms with Crippen LogP contribution in [0.2, 0.25) is 0 Å². The van der Waals surface area contributed by atoms with Gasteiger partial charge in [-0.15, -0.1) is 0 Å². The first-order valence-corrected chi connectivity index (χ1v) is 5.30. The third kappa shape index (κ3) is 6.06. The lowest BCUT2D eigenvalue weighted by atomic mass is 10.0. The third-order valence-electron chi connectivity index (χ3n) is 2.19. The molecule has 0 aliphatic carbocycles. The molecular weight excluding hydrogens is 194 g/mol. The quantitative estimate of drug-likeness (QED) is 0.545. The Kier molecular flexibility index (Phi) is 6.70. The minimum atomic E-state index is -0.414. The molecule has 0 aliphatic heterocycles. The molecule has 0 rings (SSSR count). The molecule has 15 heavy (non-hydrogen) atoms. The molecule has 0 saturated carbocycles. The monoisotopic (exact) mass is 215 g/mol. The lowest BCUT2D eigenvalue weighted by Crippen LogP contribution is -2.41. The maximum Gasteiger partial charge on any atom is 0.224 e. The van der Waals surface area contributed by atoms with Crippen LogP contribution in [-0.4, -0.2) is 24.4 Å². The van der Waals surface area contributed by atoms with Crippen molar-refractivity contribution in [1.29, 1.82) is 0 Å². The fourth-order valence-corrected chi connectivity index (χ4v) is 1.42. The first-order chi connectivity index (χ1) is 7.01. The number of primary amides is 1. The standard InChI is InChI=1S/C10H21N3O2/c1-3-4-8(6-11)10(15)13-7(2)5-9(12)14/h7-8H,3-6,11H2,1-2H3,(H2,12,14)(H,13,15). The molecule has 0 spiro atoms. The molecule has 0 bridgehead atoms. The highest BCUT2D eigenvalue weighted by Crippen LogP contribution is 2.05. The van der Waals surface area contributed by atoms with Crippen molar-refractivity contribution in [3.63, 3.8) is 0 Å². The van der Waals surface area contributed by atoms with Gasteiger partial charge < -0.3 is 16.8 Å². The van der Waals surface area contributed by atoms with Crippen LogP contribution in [0.15, 0.2) is 0 Å². The lowest BCUT2D eigenvalue weighted by molar-refractivity contribution is -0.125. The van der Waals surface area contributed by atoms with Crippen LogP contribution in [0.5, 0.6) is 0 Å². The topological polar surface area (TPSA) is 98.2 Å². The van der Waals surface area contributed by atoms with Gasteiger partial charge in [-0.3, -0.25) is 9.59 Å². The zero-order valence-corrected chi connectivity index (χ0v) is 9.45. The number of nitrogens with one attached hydrogen (secondary N) is 1. The second-order valence-corrected chi connectivity index (χ2v) is 3.80. The fraction of sp³-hybridized carbons (Fsp3) is 0.800. The average molecular weight is 215 g/mol. The fourth-order valence-electron chi connectivity index (χ4n) is 1.42. The van der Waals surface area contributed by atoms with Gasteiger partial charge in [0.05, 0.1) is 5.92 Å². The van der Waals surface area contributed by atoms with Gasteiger partial charge in [0.15, 0.2) is 0 Å². The molecule has 5 N–H and O–H groups in total. The maximum atomic E-state index is 11.6. The highest BCUT2D eigenvalue weighted by molar-refractivity contribution is 5.80. The van der Waals surface area contributed by atoms with E-state index in [1.54, 1.807) is 6.92 Å². The summed E-state index contributed by atoms with van der Waals surface area (Å²) in [4.78, 5) is 22.2. The molecule has 0 aromatic rings. The largest absolute Gasteiger partial charge is 0.370 e. The molecular formula is C10H21N3O2. The van der Waals surface area contributed by atoms with Crippen LogP contribution in [0.3, 0.4) is 0 Å². The molecule has 0 aromatic carbocycles. The van der Waals surface area contributed by atoms with E-state index >= 15 is 0 Å². The Morgan fingerprint density at radius 1 is 1.40 bits per heavy atom. The highest BCUT2D eigenvalue weighted by Gasteiger charge is 2.18. The van der Waals surface area contributed by atoms with Crippen molar-refractivity contribution in [2.24, 2.45) is 17.4 Å². The summed E-state index contributed by atoms with van der Waals surface area (Å²) in [6, 6.07) is -0.221. The summed E-state index contributed by atoms with van der Waals surface area (Å²) in [5.41, 5.74) is 10.5. The number of nitrogens with two attached hydrogens (primary N) is 2. The Balaban J connectivity index is 4.03. The van der Waals surface area contributed by atoms with E-state index in [2.05, 4.69) is 5.32 Å². The summed E-state index contributed by atoms with van der Waals surface area (Å²) in [5, 5.41) is 2.73.